The van der Waals surface area contributed by atoms with Gasteiger partial charge in [-0.3, -0.25) is 4.79 Å². The van der Waals surface area contributed by atoms with Gasteiger partial charge in [-0.15, -0.1) is 0 Å². The van der Waals surface area contributed by atoms with Crippen LogP contribution in [-0.2, 0) is 4.79 Å². The van der Waals surface area contributed by atoms with Gasteiger partial charge < -0.3 is 14.5 Å². The Labute approximate surface area is 189 Å². The summed E-state index contributed by atoms with van der Waals surface area (Å²) in [5, 5.41) is 3.68. The molecule has 3 aromatic carbocycles. The van der Waals surface area contributed by atoms with E-state index in [2.05, 4.69) is 10.3 Å². The van der Waals surface area contributed by atoms with Gasteiger partial charge in [0.1, 0.15) is 11.4 Å². The lowest BCUT2D eigenvalue weighted by atomic mass is 10.1. The Hall–Kier alpha value is -3.22. The number of thioether (sulfide) groups is 1. The molecule has 4 rings (SSSR count). The van der Waals surface area contributed by atoms with E-state index in [-0.39, 0.29) is 11.7 Å². The van der Waals surface area contributed by atoms with Gasteiger partial charge in [0.15, 0.2) is 5.76 Å². The van der Waals surface area contributed by atoms with Gasteiger partial charge in [-0.1, -0.05) is 84.0 Å². The van der Waals surface area contributed by atoms with Gasteiger partial charge in [-0.25, -0.2) is 4.98 Å². The van der Waals surface area contributed by atoms with Gasteiger partial charge in [0.2, 0.25) is 5.91 Å². The van der Waals surface area contributed by atoms with Gasteiger partial charge in [0.05, 0.1) is 17.9 Å². The van der Waals surface area contributed by atoms with Crippen LogP contribution >= 0.6 is 23.4 Å². The van der Waals surface area contributed by atoms with Crippen molar-refractivity contribution in [3.8, 4) is 28.3 Å². The Kier molecular flexibility index (Phi) is 6.60. The maximum absolute atomic E-state index is 12.4. The first-order chi connectivity index (χ1) is 15.1. The zero-order chi connectivity index (χ0) is 21.6. The van der Waals surface area contributed by atoms with Crippen molar-refractivity contribution < 1.29 is 13.9 Å². The third kappa shape index (κ3) is 5.10. The average molecular weight is 451 g/mol. The largest absolute Gasteiger partial charge is 0.495 e. The number of oxazole rings is 1. The molecule has 0 aliphatic rings. The van der Waals surface area contributed by atoms with Gasteiger partial charge in [-0.05, 0) is 18.2 Å². The van der Waals surface area contributed by atoms with Crippen LogP contribution in [0.15, 0.2) is 88.5 Å². The van der Waals surface area contributed by atoms with E-state index in [1.165, 1.54) is 11.8 Å². The van der Waals surface area contributed by atoms with E-state index < -0.39 is 0 Å². The number of amides is 1. The Morgan fingerprint density at radius 2 is 1.71 bits per heavy atom. The van der Waals surface area contributed by atoms with Crippen LogP contribution in [0.25, 0.3) is 22.6 Å². The second-order valence-corrected chi connectivity index (χ2v) is 7.91. The summed E-state index contributed by atoms with van der Waals surface area (Å²) < 4.78 is 11.2. The van der Waals surface area contributed by atoms with Crippen LogP contribution in [0.3, 0.4) is 0 Å². The predicted octanol–water partition coefficient (Wildman–Crippen LogP) is 6.40. The quantitative estimate of drug-likeness (QED) is 0.330. The number of anilines is 1. The molecule has 156 valence electrons. The van der Waals surface area contributed by atoms with Crippen molar-refractivity contribution >= 4 is 35.0 Å². The van der Waals surface area contributed by atoms with Crippen molar-refractivity contribution in [2.24, 2.45) is 0 Å². The molecule has 0 saturated carbocycles. The number of methoxy groups -OCH3 is 1. The number of nitrogens with one attached hydrogen (secondary N) is 1. The third-order valence-electron chi connectivity index (χ3n) is 4.45. The van der Waals surface area contributed by atoms with Crippen molar-refractivity contribution in [1.82, 2.24) is 4.98 Å². The van der Waals surface area contributed by atoms with E-state index in [0.29, 0.717) is 27.4 Å². The van der Waals surface area contributed by atoms with E-state index in [1.54, 1.807) is 25.3 Å². The smallest absolute Gasteiger partial charge is 0.257 e. The highest BCUT2D eigenvalue weighted by molar-refractivity contribution is 7.99. The van der Waals surface area contributed by atoms with Gasteiger partial charge in [-0.2, -0.15) is 0 Å². The fourth-order valence-corrected chi connectivity index (χ4v) is 3.89. The second kappa shape index (κ2) is 9.73. The van der Waals surface area contributed by atoms with Crippen LogP contribution in [0.1, 0.15) is 0 Å². The number of hydrogen-bond donors (Lipinski definition) is 1. The summed E-state index contributed by atoms with van der Waals surface area (Å²) in [5.41, 5.74) is 3.22. The minimum Gasteiger partial charge on any atom is -0.495 e. The van der Waals surface area contributed by atoms with Gasteiger partial charge in [0, 0.05) is 16.8 Å². The summed E-state index contributed by atoms with van der Waals surface area (Å²) in [5.74, 6) is 1.19. The van der Waals surface area contributed by atoms with E-state index in [1.807, 2.05) is 60.7 Å². The second-order valence-electron chi connectivity index (χ2n) is 6.58. The van der Waals surface area contributed by atoms with Gasteiger partial charge >= 0.3 is 0 Å². The van der Waals surface area contributed by atoms with Crippen molar-refractivity contribution in [3.63, 3.8) is 0 Å². The highest BCUT2D eigenvalue weighted by atomic mass is 35.5. The number of carbonyl (C=O) groups is 1. The molecule has 0 spiro atoms. The molecular formula is C24H19ClN2O3S. The molecule has 4 aromatic rings. The minimum absolute atomic E-state index is 0.145. The molecule has 7 heteroatoms. The monoisotopic (exact) mass is 450 g/mol. The van der Waals surface area contributed by atoms with E-state index >= 15 is 0 Å². The number of aromatic nitrogens is 1. The molecule has 5 nitrogen and oxygen atoms in total. The molecule has 0 fully saturated rings. The fourth-order valence-electron chi connectivity index (χ4n) is 3.01. The van der Waals surface area contributed by atoms with Crippen LogP contribution in [0.5, 0.6) is 5.75 Å². The first kappa shape index (κ1) is 21.0. The molecular weight excluding hydrogens is 432 g/mol. The van der Waals surface area contributed by atoms with E-state index in [0.717, 1.165) is 16.8 Å². The molecule has 0 atom stereocenters. The Balaban J connectivity index is 1.50. The van der Waals surface area contributed by atoms with Crippen molar-refractivity contribution in [2.45, 2.75) is 5.22 Å². The summed E-state index contributed by atoms with van der Waals surface area (Å²) in [4.78, 5) is 17.1. The maximum atomic E-state index is 12.4. The van der Waals surface area contributed by atoms with Crippen LogP contribution in [0, 0.1) is 0 Å². The summed E-state index contributed by atoms with van der Waals surface area (Å²) in [6.07, 6.45) is 0. The van der Waals surface area contributed by atoms with Crippen LogP contribution in [0.2, 0.25) is 5.02 Å². The minimum atomic E-state index is -0.188. The summed E-state index contributed by atoms with van der Waals surface area (Å²) in [7, 11) is 1.54. The lowest BCUT2D eigenvalue weighted by Gasteiger charge is -2.07. The van der Waals surface area contributed by atoms with E-state index in [9.17, 15) is 4.79 Å². The molecule has 0 unspecified atom stereocenters. The molecule has 0 radical (unpaired) electrons. The Morgan fingerprint density at radius 3 is 2.35 bits per heavy atom. The number of rotatable bonds is 7. The molecule has 1 N–H and O–H groups in total. The Morgan fingerprint density at radius 1 is 1.03 bits per heavy atom. The fraction of sp³-hybridized carbons (Fsp3) is 0.0833. The molecule has 31 heavy (non-hydrogen) atoms. The lowest BCUT2D eigenvalue weighted by molar-refractivity contribution is -0.113. The van der Waals surface area contributed by atoms with E-state index in [4.69, 9.17) is 20.8 Å². The van der Waals surface area contributed by atoms with Crippen molar-refractivity contribution in [1.29, 1.82) is 0 Å². The molecule has 0 aliphatic heterocycles. The number of benzene rings is 3. The number of carbonyl (C=O) groups excluding carboxylic acids is 1. The SMILES string of the molecule is COc1ccc(NC(=O)CSc2nc(-c3ccccc3)c(-c3ccccc3)o2)cc1Cl. The summed E-state index contributed by atoms with van der Waals surface area (Å²) in [6.45, 7) is 0. The molecule has 1 aromatic heterocycles. The number of nitrogens with zero attached hydrogens (tertiary/aromatic N) is 1. The predicted molar refractivity (Wildman–Crippen MR) is 125 cm³/mol. The molecule has 1 amide bonds. The van der Waals surface area contributed by atoms with Crippen molar-refractivity contribution in [3.05, 3.63) is 83.9 Å². The number of halogens is 1. The first-order valence-corrected chi connectivity index (χ1v) is 10.9. The first-order valence-electron chi connectivity index (χ1n) is 9.52. The summed E-state index contributed by atoms with van der Waals surface area (Å²) >= 11 is 7.35. The van der Waals surface area contributed by atoms with Gasteiger partial charge in [0.25, 0.3) is 5.22 Å². The normalized spacial score (nSPS) is 10.6. The van der Waals surface area contributed by atoms with Crippen molar-refractivity contribution in [2.75, 3.05) is 18.2 Å². The average Bonchev–Trinajstić information content (AvgIpc) is 3.23. The highest BCUT2D eigenvalue weighted by Crippen LogP contribution is 2.35. The number of hydrogen-bond acceptors (Lipinski definition) is 5. The zero-order valence-electron chi connectivity index (χ0n) is 16.7. The molecule has 0 saturated heterocycles. The topological polar surface area (TPSA) is 64.4 Å². The third-order valence-corrected chi connectivity index (χ3v) is 5.58. The number of ether oxygens (including phenoxy) is 1. The lowest BCUT2D eigenvalue weighted by Crippen LogP contribution is -2.14. The molecule has 1 heterocycles. The zero-order valence-corrected chi connectivity index (χ0v) is 18.2. The van der Waals surface area contributed by atoms with Crippen LogP contribution in [-0.4, -0.2) is 23.8 Å². The Bertz CT molecular complexity index is 1120. The highest BCUT2D eigenvalue weighted by Gasteiger charge is 2.18. The van der Waals surface area contributed by atoms with Crippen LogP contribution < -0.4 is 10.1 Å². The maximum Gasteiger partial charge on any atom is 0.257 e. The summed E-state index contributed by atoms with van der Waals surface area (Å²) in [6, 6.07) is 24.7. The molecule has 0 aliphatic carbocycles. The standard InChI is InChI=1S/C24H19ClN2O3S/c1-29-20-13-12-18(14-19(20)25)26-21(28)15-31-24-27-22(16-8-4-2-5-9-16)23(30-24)17-10-6-3-7-11-17/h2-14H,15H2,1H3,(H,26,28). The molecule has 0 bridgehead atoms. The van der Waals surface area contributed by atoms with Crippen LogP contribution in [0.4, 0.5) is 5.69 Å².